The first-order chi connectivity index (χ1) is 12.3. The minimum absolute atomic E-state index is 0.148. The third kappa shape index (κ3) is 3.09. The Morgan fingerprint density at radius 1 is 1.33 bits per heavy atom. The van der Waals surface area contributed by atoms with Crippen molar-refractivity contribution in [2.24, 2.45) is 5.92 Å². The number of nitrogens with one attached hydrogen (secondary N) is 2. The Balaban J connectivity index is 1.92. The molecule has 3 fully saturated rings. The minimum Gasteiger partial charge on any atom is -0.467 e. The number of ether oxygens (including phenoxy) is 2. The fraction of sp³-hybridized carbons (Fsp3) is 0.737. The normalized spacial score (nSPS) is 34.3. The molecule has 2 amide bonds. The summed E-state index contributed by atoms with van der Waals surface area (Å²) in [7, 11) is 1.31. The van der Waals surface area contributed by atoms with Gasteiger partial charge in [0, 0.05) is 17.9 Å². The number of alkyl carbamates (subject to hydrolysis) is 1. The molecule has 0 aromatic carbocycles. The molecule has 2 N–H and O–H groups in total. The summed E-state index contributed by atoms with van der Waals surface area (Å²) in [6.45, 7) is 13.1. The first-order valence-electron chi connectivity index (χ1n) is 9.19. The molecule has 150 valence electrons. The number of amides is 2. The molecular formula is C19H29N3O5. The van der Waals surface area contributed by atoms with E-state index < -0.39 is 40.9 Å². The van der Waals surface area contributed by atoms with Crippen molar-refractivity contribution in [1.29, 1.82) is 0 Å². The Hall–Kier alpha value is -2.09. The van der Waals surface area contributed by atoms with Crippen molar-refractivity contribution in [2.75, 3.05) is 7.11 Å². The van der Waals surface area contributed by atoms with Crippen LogP contribution in [0.3, 0.4) is 0 Å². The maximum Gasteiger partial charge on any atom is 0.408 e. The van der Waals surface area contributed by atoms with Crippen LogP contribution in [-0.4, -0.2) is 58.9 Å². The van der Waals surface area contributed by atoms with Crippen LogP contribution in [0, 0.1) is 5.92 Å². The Labute approximate surface area is 159 Å². The van der Waals surface area contributed by atoms with Crippen LogP contribution in [0.1, 0.15) is 47.5 Å². The molecule has 3 rings (SSSR count). The molecule has 0 aromatic heterocycles. The van der Waals surface area contributed by atoms with Gasteiger partial charge in [0.05, 0.1) is 12.8 Å². The van der Waals surface area contributed by atoms with Crippen LogP contribution >= 0.6 is 0 Å². The summed E-state index contributed by atoms with van der Waals surface area (Å²) in [5, 5.41) is 6.20. The summed E-state index contributed by atoms with van der Waals surface area (Å²) in [5.74, 6) is -0.923. The zero-order valence-electron chi connectivity index (χ0n) is 16.8. The van der Waals surface area contributed by atoms with E-state index in [1.165, 1.54) is 7.11 Å². The molecule has 2 bridgehead atoms. The molecule has 0 radical (unpaired) electrons. The SMILES string of the molecule is C=C1C[C@]23C[C@H]1[C@@H](C(=O)OC)N2C(=O)[C@@H](NC(=O)OC(C)(C)C)C(C)(C)N3. The van der Waals surface area contributed by atoms with E-state index in [-0.39, 0.29) is 11.8 Å². The molecule has 4 atom stereocenters. The van der Waals surface area contributed by atoms with Gasteiger partial charge in [-0.15, -0.1) is 0 Å². The molecule has 8 nitrogen and oxygen atoms in total. The van der Waals surface area contributed by atoms with E-state index in [0.717, 1.165) is 5.57 Å². The maximum absolute atomic E-state index is 13.4. The number of hydrogen-bond donors (Lipinski definition) is 2. The lowest BCUT2D eigenvalue weighted by atomic mass is 9.84. The Morgan fingerprint density at radius 2 is 1.96 bits per heavy atom. The van der Waals surface area contributed by atoms with Crippen molar-refractivity contribution < 1.29 is 23.9 Å². The van der Waals surface area contributed by atoms with Crippen molar-refractivity contribution >= 4 is 18.0 Å². The Morgan fingerprint density at radius 3 is 2.52 bits per heavy atom. The van der Waals surface area contributed by atoms with E-state index in [9.17, 15) is 14.4 Å². The van der Waals surface area contributed by atoms with Crippen molar-refractivity contribution in [1.82, 2.24) is 15.5 Å². The van der Waals surface area contributed by atoms with Gasteiger partial charge in [-0.1, -0.05) is 12.2 Å². The highest BCUT2D eigenvalue weighted by atomic mass is 16.6. The molecule has 3 aliphatic rings. The highest BCUT2D eigenvalue weighted by Crippen LogP contribution is 2.54. The predicted molar refractivity (Wildman–Crippen MR) is 97.6 cm³/mol. The molecule has 1 saturated carbocycles. The van der Waals surface area contributed by atoms with Gasteiger partial charge in [-0.3, -0.25) is 10.1 Å². The highest BCUT2D eigenvalue weighted by molar-refractivity contribution is 5.94. The summed E-state index contributed by atoms with van der Waals surface area (Å²) < 4.78 is 10.3. The third-order valence-electron chi connectivity index (χ3n) is 5.59. The monoisotopic (exact) mass is 379 g/mol. The first kappa shape index (κ1) is 19.7. The zero-order chi connectivity index (χ0) is 20.4. The summed E-state index contributed by atoms with van der Waals surface area (Å²) in [6, 6.07) is -1.60. The van der Waals surface area contributed by atoms with E-state index in [4.69, 9.17) is 9.47 Å². The molecular weight excluding hydrogens is 350 g/mol. The molecule has 2 saturated heterocycles. The van der Waals surface area contributed by atoms with Crippen molar-refractivity contribution in [3.05, 3.63) is 12.2 Å². The van der Waals surface area contributed by atoms with Gasteiger partial charge in [-0.25, -0.2) is 9.59 Å². The average Bonchev–Trinajstić information content (AvgIpc) is 2.98. The Kier molecular flexibility index (Phi) is 4.34. The number of piperidine rings is 1. The lowest BCUT2D eigenvalue weighted by molar-refractivity contribution is -0.165. The quantitative estimate of drug-likeness (QED) is 0.555. The topological polar surface area (TPSA) is 97.0 Å². The second kappa shape index (κ2) is 5.95. The van der Waals surface area contributed by atoms with Crippen LogP contribution in [0.15, 0.2) is 12.2 Å². The number of rotatable bonds is 2. The van der Waals surface area contributed by atoms with Gasteiger partial charge < -0.3 is 19.7 Å². The number of nitrogens with zero attached hydrogens (tertiary/aromatic N) is 1. The number of esters is 1. The second-order valence-corrected chi connectivity index (χ2v) is 9.28. The van der Waals surface area contributed by atoms with Gasteiger partial charge in [-0.05, 0) is 41.0 Å². The van der Waals surface area contributed by atoms with Gasteiger partial charge in [-0.2, -0.15) is 0 Å². The number of fused-ring (bicyclic) bond motifs is 1. The van der Waals surface area contributed by atoms with Crippen molar-refractivity contribution in [2.45, 2.75) is 76.3 Å². The van der Waals surface area contributed by atoms with Gasteiger partial charge in [0.25, 0.3) is 0 Å². The molecule has 8 heteroatoms. The van der Waals surface area contributed by atoms with Crippen LogP contribution in [0.25, 0.3) is 0 Å². The minimum atomic E-state index is -0.877. The van der Waals surface area contributed by atoms with Crippen LogP contribution in [-0.2, 0) is 19.1 Å². The number of carbonyl (C=O) groups is 3. The van der Waals surface area contributed by atoms with Crippen LogP contribution in [0.5, 0.6) is 0 Å². The molecule has 0 aromatic rings. The van der Waals surface area contributed by atoms with Crippen molar-refractivity contribution in [3.8, 4) is 0 Å². The molecule has 0 unspecified atom stereocenters. The van der Waals surface area contributed by atoms with E-state index in [1.54, 1.807) is 25.7 Å². The molecule has 1 aliphatic carbocycles. The molecule has 1 spiro atoms. The third-order valence-corrected chi connectivity index (χ3v) is 5.59. The molecule has 2 aliphatic heterocycles. The smallest absolute Gasteiger partial charge is 0.408 e. The van der Waals surface area contributed by atoms with Gasteiger partial charge in [0.2, 0.25) is 5.91 Å². The van der Waals surface area contributed by atoms with E-state index >= 15 is 0 Å². The summed E-state index contributed by atoms with van der Waals surface area (Å²) in [4.78, 5) is 39.7. The lowest BCUT2D eigenvalue weighted by Crippen LogP contribution is -2.79. The molecule has 27 heavy (non-hydrogen) atoms. The largest absolute Gasteiger partial charge is 0.467 e. The maximum atomic E-state index is 13.4. The average molecular weight is 379 g/mol. The zero-order valence-corrected chi connectivity index (χ0v) is 16.8. The second-order valence-electron chi connectivity index (χ2n) is 9.28. The van der Waals surface area contributed by atoms with Crippen molar-refractivity contribution in [3.63, 3.8) is 0 Å². The number of hydrogen-bond acceptors (Lipinski definition) is 6. The van der Waals surface area contributed by atoms with E-state index in [1.807, 2.05) is 13.8 Å². The van der Waals surface area contributed by atoms with Gasteiger partial charge >= 0.3 is 12.1 Å². The Bertz CT molecular complexity index is 711. The fourth-order valence-electron chi connectivity index (χ4n) is 4.73. The predicted octanol–water partition coefficient (Wildman–Crippen LogP) is 1.31. The lowest BCUT2D eigenvalue weighted by Gasteiger charge is -2.55. The van der Waals surface area contributed by atoms with Gasteiger partial charge in [0.1, 0.15) is 17.7 Å². The fourth-order valence-corrected chi connectivity index (χ4v) is 4.73. The van der Waals surface area contributed by atoms with E-state index in [0.29, 0.717) is 12.8 Å². The summed E-state index contributed by atoms with van der Waals surface area (Å²) in [6.07, 6.45) is 0.523. The standard InChI is InChI=1S/C19H29N3O5/c1-10-8-19-9-11(10)12(15(24)26-7)22(19)14(23)13(18(5,6)21-19)20-16(25)27-17(2,3)4/h11-13,21H,1,8-9H2,2-7H3,(H,20,25)/t11-,12+,13-,19-/m1/s1. The highest BCUT2D eigenvalue weighted by Gasteiger charge is 2.68. The summed E-state index contributed by atoms with van der Waals surface area (Å²) >= 11 is 0. The first-order valence-corrected chi connectivity index (χ1v) is 9.19. The van der Waals surface area contributed by atoms with Gasteiger partial charge in [0.15, 0.2) is 0 Å². The van der Waals surface area contributed by atoms with E-state index in [2.05, 4.69) is 17.2 Å². The molecule has 2 heterocycles. The van der Waals surface area contributed by atoms with Crippen LogP contribution in [0.4, 0.5) is 4.79 Å². The van der Waals surface area contributed by atoms with Crippen LogP contribution in [0.2, 0.25) is 0 Å². The summed E-state index contributed by atoms with van der Waals surface area (Å²) in [5.41, 5.74) is -1.14. The number of carbonyl (C=O) groups excluding carboxylic acids is 3. The van der Waals surface area contributed by atoms with Crippen LogP contribution < -0.4 is 10.6 Å². The number of methoxy groups -OCH3 is 1.